The second-order valence-corrected chi connectivity index (χ2v) is 4.46. The number of carbonyl (C=O) groups is 2. The van der Waals surface area contributed by atoms with Crippen molar-refractivity contribution in [1.29, 1.82) is 0 Å². The molecule has 1 aliphatic rings. The van der Waals surface area contributed by atoms with E-state index < -0.39 is 11.8 Å². The normalized spacial score (nSPS) is 19.0. The summed E-state index contributed by atoms with van der Waals surface area (Å²) in [5.41, 5.74) is 0. The van der Waals surface area contributed by atoms with Crippen molar-refractivity contribution in [3.8, 4) is 0 Å². The minimum atomic E-state index is -1.25. The summed E-state index contributed by atoms with van der Waals surface area (Å²) in [7, 11) is 0. The summed E-state index contributed by atoms with van der Waals surface area (Å²) in [4.78, 5) is 22.2. The smallest absolute Gasteiger partial charge is 0.372 e. The zero-order chi connectivity index (χ0) is 11.3. The van der Waals surface area contributed by atoms with E-state index >= 15 is 0 Å². The van der Waals surface area contributed by atoms with Gasteiger partial charge in [0.2, 0.25) is 5.78 Å². The molecule has 0 aliphatic heterocycles. The van der Waals surface area contributed by atoms with Gasteiger partial charge in [-0.1, -0.05) is 32.6 Å². The Morgan fingerprint density at radius 2 is 1.93 bits per heavy atom. The van der Waals surface area contributed by atoms with Crippen LogP contribution >= 0.6 is 0 Å². The first-order valence-corrected chi connectivity index (χ1v) is 5.94. The van der Waals surface area contributed by atoms with Crippen LogP contribution in [0.5, 0.6) is 0 Å². The molecule has 0 saturated heterocycles. The number of carboxylic acids is 1. The van der Waals surface area contributed by atoms with Crippen LogP contribution in [0.2, 0.25) is 0 Å². The standard InChI is InChI=1S/C12H20O3/c1-2-3-8-10(11(13)12(14)15)9-6-4-5-7-9/h9-10H,2-8H2,1H3,(H,14,15). The van der Waals surface area contributed by atoms with Crippen LogP contribution in [-0.2, 0) is 9.59 Å². The fourth-order valence-corrected chi connectivity index (χ4v) is 2.52. The van der Waals surface area contributed by atoms with E-state index in [4.69, 9.17) is 5.11 Å². The van der Waals surface area contributed by atoms with E-state index in [1.165, 1.54) is 0 Å². The fourth-order valence-electron chi connectivity index (χ4n) is 2.52. The lowest BCUT2D eigenvalue weighted by Gasteiger charge is -2.19. The minimum absolute atomic E-state index is 0.218. The summed E-state index contributed by atoms with van der Waals surface area (Å²) in [6, 6.07) is 0. The zero-order valence-corrected chi connectivity index (χ0v) is 9.37. The van der Waals surface area contributed by atoms with E-state index in [0.717, 1.165) is 44.9 Å². The summed E-state index contributed by atoms with van der Waals surface area (Å²) < 4.78 is 0. The largest absolute Gasteiger partial charge is 0.475 e. The van der Waals surface area contributed by atoms with Crippen LogP contribution in [-0.4, -0.2) is 16.9 Å². The molecule has 0 spiro atoms. The molecule has 1 N–H and O–H groups in total. The lowest BCUT2D eigenvalue weighted by atomic mass is 9.83. The molecule has 86 valence electrons. The van der Waals surface area contributed by atoms with Crippen LogP contribution in [0.3, 0.4) is 0 Å². The number of ketones is 1. The van der Waals surface area contributed by atoms with Crippen molar-refractivity contribution in [2.75, 3.05) is 0 Å². The maximum Gasteiger partial charge on any atom is 0.372 e. The Balaban J connectivity index is 2.58. The van der Waals surface area contributed by atoms with Gasteiger partial charge in [-0.25, -0.2) is 4.79 Å². The molecule has 0 heterocycles. The van der Waals surface area contributed by atoms with Gasteiger partial charge < -0.3 is 5.11 Å². The van der Waals surface area contributed by atoms with E-state index in [2.05, 4.69) is 6.92 Å². The predicted molar refractivity (Wildman–Crippen MR) is 57.6 cm³/mol. The van der Waals surface area contributed by atoms with Crippen LogP contribution in [0, 0.1) is 11.8 Å². The fraction of sp³-hybridized carbons (Fsp3) is 0.833. The van der Waals surface area contributed by atoms with Crippen LogP contribution in [0.25, 0.3) is 0 Å². The number of hydrogen-bond acceptors (Lipinski definition) is 2. The van der Waals surface area contributed by atoms with Gasteiger partial charge >= 0.3 is 5.97 Å². The van der Waals surface area contributed by atoms with Gasteiger partial charge in [0.1, 0.15) is 0 Å². The van der Waals surface area contributed by atoms with Gasteiger partial charge in [-0.05, 0) is 25.2 Å². The molecule has 3 heteroatoms. The van der Waals surface area contributed by atoms with Crippen molar-refractivity contribution in [2.45, 2.75) is 51.9 Å². The van der Waals surface area contributed by atoms with E-state index in [1.807, 2.05) is 0 Å². The molecule has 0 aromatic heterocycles. The molecular weight excluding hydrogens is 192 g/mol. The van der Waals surface area contributed by atoms with Gasteiger partial charge in [-0.3, -0.25) is 4.79 Å². The van der Waals surface area contributed by atoms with Crippen molar-refractivity contribution in [1.82, 2.24) is 0 Å². The highest BCUT2D eigenvalue weighted by Gasteiger charge is 2.33. The molecule has 0 aromatic rings. The molecule has 1 atom stereocenters. The average Bonchev–Trinajstić information content (AvgIpc) is 2.71. The lowest BCUT2D eigenvalue weighted by Crippen LogP contribution is -2.28. The Kier molecular flexibility index (Phi) is 4.79. The minimum Gasteiger partial charge on any atom is -0.475 e. The number of Topliss-reactive ketones (excluding diaryl/α,β-unsaturated/α-hetero) is 1. The number of hydrogen-bond donors (Lipinski definition) is 1. The van der Waals surface area contributed by atoms with E-state index in [-0.39, 0.29) is 5.92 Å². The highest BCUT2D eigenvalue weighted by Crippen LogP contribution is 2.34. The molecule has 0 aromatic carbocycles. The molecule has 1 aliphatic carbocycles. The number of unbranched alkanes of at least 4 members (excludes halogenated alkanes) is 1. The third-order valence-corrected chi connectivity index (χ3v) is 3.39. The monoisotopic (exact) mass is 212 g/mol. The lowest BCUT2D eigenvalue weighted by molar-refractivity contribution is -0.152. The predicted octanol–water partition coefficient (Wildman–Crippen LogP) is 2.64. The first-order chi connectivity index (χ1) is 7.16. The molecule has 0 bridgehead atoms. The van der Waals surface area contributed by atoms with Gasteiger partial charge in [-0.15, -0.1) is 0 Å². The topological polar surface area (TPSA) is 54.4 Å². The Morgan fingerprint density at radius 1 is 1.33 bits per heavy atom. The Labute approximate surface area is 90.9 Å². The molecule has 1 fully saturated rings. The molecule has 1 rings (SSSR count). The van der Waals surface area contributed by atoms with Crippen molar-refractivity contribution < 1.29 is 14.7 Å². The van der Waals surface area contributed by atoms with Gasteiger partial charge in [0.15, 0.2) is 0 Å². The first kappa shape index (κ1) is 12.2. The molecule has 3 nitrogen and oxygen atoms in total. The third kappa shape index (κ3) is 3.33. The summed E-state index contributed by atoms with van der Waals surface area (Å²) in [6.45, 7) is 2.07. The SMILES string of the molecule is CCCCC(C(=O)C(=O)O)C1CCCC1. The van der Waals surface area contributed by atoms with Crippen molar-refractivity contribution in [3.63, 3.8) is 0 Å². The number of carboxylic acid groups (broad SMARTS) is 1. The summed E-state index contributed by atoms with van der Waals surface area (Å²) in [5.74, 6) is -1.69. The Morgan fingerprint density at radius 3 is 2.40 bits per heavy atom. The highest BCUT2D eigenvalue weighted by molar-refractivity contribution is 6.33. The summed E-state index contributed by atoms with van der Waals surface area (Å²) in [5, 5.41) is 8.76. The number of rotatable bonds is 6. The van der Waals surface area contributed by atoms with Crippen LogP contribution in [0.4, 0.5) is 0 Å². The van der Waals surface area contributed by atoms with Gasteiger partial charge in [-0.2, -0.15) is 0 Å². The van der Waals surface area contributed by atoms with Crippen molar-refractivity contribution in [3.05, 3.63) is 0 Å². The zero-order valence-electron chi connectivity index (χ0n) is 9.37. The van der Waals surface area contributed by atoms with Crippen molar-refractivity contribution in [2.24, 2.45) is 11.8 Å². The average molecular weight is 212 g/mol. The van der Waals surface area contributed by atoms with Crippen LogP contribution < -0.4 is 0 Å². The second kappa shape index (κ2) is 5.89. The van der Waals surface area contributed by atoms with Gasteiger partial charge in [0, 0.05) is 5.92 Å². The molecular formula is C12H20O3. The Bertz CT molecular complexity index is 229. The first-order valence-electron chi connectivity index (χ1n) is 5.94. The third-order valence-electron chi connectivity index (χ3n) is 3.39. The van der Waals surface area contributed by atoms with Gasteiger partial charge in [0.05, 0.1) is 0 Å². The number of carbonyl (C=O) groups excluding carboxylic acids is 1. The van der Waals surface area contributed by atoms with Gasteiger partial charge in [0.25, 0.3) is 0 Å². The van der Waals surface area contributed by atoms with E-state index in [1.54, 1.807) is 0 Å². The maximum absolute atomic E-state index is 11.5. The maximum atomic E-state index is 11.5. The molecule has 1 unspecified atom stereocenters. The summed E-state index contributed by atoms with van der Waals surface area (Å²) in [6.07, 6.45) is 7.11. The van der Waals surface area contributed by atoms with Crippen LogP contribution in [0.15, 0.2) is 0 Å². The van der Waals surface area contributed by atoms with E-state index in [0.29, 0.717) is 5.92 Å². The highest BCUT2D eigenvalue weighted by atomic mass is 16.4. The molecule has 0 radical (unpaired) electrons. The van der Waals surface area contributed by atoms with E-state index in [9.17, 15) is 9.59 Å². The molecule has 15 heavy (non-hydrogen) atoms. The quantitative estimate of drug-likeness (QED) is 0.688. The second-order valence-electron chi connectivity index (χ2n) is 4.46. The molecule has 0 amide bonds. The summed E-state index contributed by atoms with van der Waals surface area (Å²) >= 11 is 0. The van der Waals surface area contributed by atoms with Crippen LogP contribution in [0.1, 0.15) is 51.9 Å². The van der Waals surface area contributed by atoms with Crippen molar-refractivity contribution >= 4 is 11.8 Å². The number of aliphatic carboxylic acids is 1. The Hall–Kier alpha value is -0.860. The molecule has 1 saturated carbocycles.